The van der Waals surface area contributed by atoms with Gasteiger partial charge in [-0.2, -0.15) is 4.72 Å². The largest absolute Gasteiger partial charge is 0.341 e. The van der Waals surface area contributed by atoms with E-state index < -0.39 is 26.8 Å². The number of carbonyl (C=O) groups excluding carboxylic acids is 1. The fraction of sp³-hybridized carbons (Fsp3) is 0.350. The maximum atomic E-state index is 14.0. The minimum atomic E-state index is -4.17. The third-order valence-electron chi connectivity index (χ3n) is 4.67. The Morgan fingerprint density at radius 1 is 1.00 bits per heavy atom. The van der Waals surface area contributed by atoms with Crippen LogP contribution in [0.2, 0.25) is 0 Å². The predicted molar refractivity (Wildman–Crippen MR) is 101 cm³/mol. The summed E-state index contributed by atoms with van der Waals surface area (Å²) in [5.74, 6) is -1.10. The zero-order valence-corrected chi connectivity index (χ0v) is 15.8. The summed E-state index contributed by atoms with van der Waals surface area (Å²) < 4.78 is 41.9. The monoisotopic (exact) mass is 390 g/mol. The fourth-order valence-electron chi connectivity index (χ4n) is 3.28. The van der Waals surface area contributed by atoms with Gasteiger partial charge in [-0.05, 0) is 43.4 Å². The molecule has 3 rings (SSSR count). The summed E-state index contributed by atoms with van der Waals surface area (Å²) in [6, 6.07) is 13.4. The van der Waals surface area contributed by atoms with E-state index in [4.69, 9.17) is 0 Å². The maximum Gasteiger partial charge on any atom is 0.244 e. The molecule has 7 heteroatoms. The second kappa shape index (κ2) is 8.63. The normalized spacial score (nSPS) is 16.1. The lowest BCUT2D eigenvalue weighted by Gasteiger charge is -2.30. The van der Waals surface area contributed by atoms with Gasteiger partial charge in [0.05, 0.1) is 0 Å². The van der Waals surface area contributed by atoms with Crippen molar-refractivity contribution in [3.63, 3.8) is 0 Å². The van der Waals surface area contributed by atoms with Crippen LogP contribution in [0.5, 0.6) is 0 Å². The first kappa shape index (κ1) is 19.5. The molecular formula is C20H23FN2O3S. The first-order valence-corrected chi connectivity index (χ1v) is 10.6. The highest BCUT2D eigenvalue weighted by Crippen LogP contribution is 2.17. The minimum Gasteiger partial charge on any atom is -0.341 e. The van der Waals surface area contributed by atoms with Gasteiger partial charge in [0, 0.05) is 13.1 Å². The van der Waals surface area contributed by atoms with Crippen LogP contribution in [0.15, 0.2) is 59.5 Å². The van der Waals surface area contributed by atoms with Crippen LogP contribution in [0.4, 0.5) is 4.39 Å². The molecule has 5 nitrogen and oxygen atoms in total. The molecule has 1 atom stereocenters. The number of nitrogens with zero attached hydrogens (tertiary/aromatic N) is 1. The van der Waals surface area contributed by atoms with Crippen molar-refractivity contribution in [2.45, 2.75) is 36.6 Å². The van der Waals surface area contributed by atoms with Crippen LogP contribution in [-0.4, -0.2) is 38.4 Å². The lowest BCUT2D eigenvalue weighted by molar-refractivity contribution is -0.133. The standard InChI is InChI=1S/C20H23FN2O3S/c21-17-11-5-6-12-19(17)27(25,26)22-18(15-16-9-3-1-4-10-16)20(24)23-13-7-2-8-14-23/h1,3-6,9-12,18,22H,2,7-8,13-15H2/t18-/m0/s1. The van der Waals surface area contributed by atoms with Crippen molar-refractivity contribution in [3.05, 3.63) is 66.0 Å². The Bertz CT molecular complexity index is 881. The molecule has 1 heterocycles. The molecule has 1 aliphatic rings. The summed E-state index contributed by atoms with van der Waals surface area (Å²) >= 11 is 0. The second-order valence-electron chi connectivity index (χ2n) is 6.68. The highest BCUT2D eigenvalue weighted by molar-refractivity contribution is 7.89. The number of sulfonamides is 1. The molecule has 0 radical (unpaired) electrons. The summed E-state index contributed by atoms with van der Waals surface area (Å²) in [5, 5.41) is 0. The van der Waals surface area contributed by atoms with Crippen molar-refractivity contribution in [3.8, 4) is 0 Å². The molecule has 0 unspecified atom stereocenters. The van der Waals surface area contributed by atoms with Gasteiger partial charge >= 0.3 is 0 Å². The third kappa shape index (κ3) is 4.93. The topological polar surface area (TPSA) is 66.5 Å². The van der Waals surface area contributed by atoms with Crippen molar-refractivity contribution in [1.29, 1.82) is 0 Å². The Morgan fingerprint density at radius 2 is 1.63 bits per heavy atom. The number of carbonyl (C=O) groups is 1. The molecule has 27 heavy (non-hydrogen) atoms. The number of hydrogen-bond acceptors (Lipinski definition) is 3. The van der Waals surface area contributed by atoms with Crippen LogP contribution in [0.25, 0.3) is 0 Å². The minimum absolute atomic E-state index is 0.212. The Labute approximate surface area is 159 Å². The van der Waals surface area contributed by atoms with Crippen molar-refractivity contribution >= 4 is 15.9 Å². The molecule has 0 spiro atoms. The van der Waals surface area contributed by atoms with Crippen molar-refractivity contribution < 1.29 is 17.6 Å². The lowest BCUT2D eigenvalue weighted by atomic mass is 10.0. The van der Waals surface area contributed by atoms with Gasteiger partial charge in [0.25, 0.3) is 0 Å². The first-order chi connectivity index (χ1) is 13.0. The summed E-state index contributed by atoms with van der Waals surface area (Å²) in [7, 11) is -4.17. The zero-order chi connectivity index (χ0) is 19.3. The Morgan fingerprint density at radius 3 is 2.30 bits per heavy atom. The van der Waals surface area contributed by atoms with Crippen LogP contribution in [-0.2, 0) is 21.2 Å². The van der Waals surface area contributed by atoms with Gasteiger partial charge in [-0.15, -0.1) is 0 Å². The smallest absolute Gasteiger partial charge is 0.244 e. The Kier molecular flexibility index (Phi) is 6.23. The van der Waals surface area contributed by atoms with Gasteiger partial charge in [0.15, 0.2) is 0 Å². The summed E-state index contributed by atoms with van der Waals surface area (Å²) in [5.41, 5.74) is 0.837. The van der Waals surface area contributed by atoms with E-state index in [-0.39, 0.29) is 12.3 Å². The Balaban J connectivity index is 1.86. The fourth-order valence-corrected chi connectivity index (χ4v) is 4.55. The van der Waals surface area contributed by atoms with E-state index in [0.29, 0.717) is 13.1 Å². The highest BCUT2D eigenvalue weighted by Gasteiger charge is 2.31. The predicted octanol–water partition coefficient (Wildman–Crippen LogP) is 2.73. The molecule has 0 saturated carbocycles. The maximum absolute atomic E-state index is 14.0. The molecule has 0 bridgehead atoms. The number of nitrogens with one attached hydrogen (secondary N) is 1. The average Bonchev–Trinajstić information content (AvgIpc) is 2.68. The van der Waals surface area contributed by atoms with E-state index >= 15 is 0 Å². The molecule has 144 valence electrons. The highest BCUT2D eigenvalue weighted by atomic mass is 32.2. The second-order valence-corrected chi connectivity index (χ2v) is 8.36. The number of likely N-dealkylation sites (tertiary alicyclic amines) is 1. The quantitative estimate of drug-likeness (QED) is 0.825. The molecule has 2 aromatic carbocycles. The van der Waals surface area contributed by atoms with Gasteiger partial charge < -0.3 is 4.90 Å². The lowest BCUT2D eigenvalue weighted by Crippen LogP contribution is -2.51. The Hall–Kier alpha value is -2.25. The summed E-state index contributed by atoms with van der Waals surface area (Å²) in [6.07, 6.45) is 3.09. The zero-order valence-electron chi connectivity index (χ0n) is 15.0. The van der Waals surface area contributed by atoms with Gasteiger partial charge in [-0.3, -0.25) is 4.79 Å². The van der Waals surface area contributed by atoms with Gasteiger partial charge in [-0.25, -0.2) is 12.8 Å². The molecule has 1 N–H and O–H groups in total. The van der Waals surface area contributed by atoms with Gasteiger partial charge in [-0.1, -0.05) is 42.5 Å². The van der Waals surface area contributed by atoms with E-state index in [1.54, 1.807) is 4.90 Å². The molecule has 1 aliphatic heterocycles. The number of amides is 1. The molecule has 0 aromatic heterocycles. The van der Waals surface area contributed by atoms with E-state index in [1.807, 2.05) is 30.3 Å². The number of benzene rings is 2. The molecule has 0 aliphatic carbocycles. The first-order valence-electron chi connectivity index (χ1n) is 9.07. The van der Waals surface area contributed by atoms with E-state index in [2.05, 4.69) is 4.72 Å². The number of piperidine rings is 1. The molecule has 2 aromatic rings. The number of hydrogen-bond donors (Lipinski definition) is 1. The summed E-state index contributed by atoms with van der Waals surface area (Å²) in [4.78, 5) is 14.2. The van der Waals surface area contributed by atoms with E-state index in [9.17, 15) is 17.6 Å². The summed E-state index contributed by atoms with van der Waals surface area (Å²) in [6.45, 7) is 1.23. The van der Waals surface area contributed by atoms with Crippen molar-refractivity contribution in [2.75, 3.05) is 13.1 Å². The van der Waals surface area contributed by atoms with Gasteiger partial charge in [0.1, 0.15) is 16.8 Å². The molecule has 1 fully saturated rings. The molecular weight excluding hydrogens is 367 g/mol. The van der Waals surface area contributed by atoms with Crippen LogP contribution in [0, 0.1) is 5.82 Å². The molecule has 1 saturated heterocycles. The van der Waals surface area contributed by atoms with Crippen LogP contribution < -0.4 is 4.72 Å². The van der Waals surface area contributed by atoms with E-state index in [0.717, 1.165) is 30.9 Å². The van der Waals surface area contributed by atoms with Gasteiger partial charge in [0.2, 0.25) is 15.9 Å². The van der Waals surface area contributed by atoms with E-state index in [1.165, 1.54) is 18.2 Å². The number of halogens is 1. The SMILES string of the molecule is O=C([C@H](Cc1ccccc1)NS(=O)(=O)c1ccccc1F)N1CCCCC1. The number of rotatable bonds is 6. The third-order valence-corrected chi connectivity index (χ3v) is 6.18. The average molecular weight is 390 g/mol. The van der Waals surface area contributed by atoms with Crippen LogP contribution in [0.1, 0.15) is 24.8 Å². The molecule has 1 amide bonds. The van der Waals surface area contributed by atoms with Crippen molar-refractivity contribution in [1.82, 2.24) is 9.62 Å². The van der Waals surface area contributed by atoms with Crippen molar-refractivity contribution in [2.24, 2.45) is 0 Å². The van der Waals surface area contributed by atoms with Crippen LogP contribution in [0.3, 0.4) is 0 Å². The van der Waals surface area contributed by atoms with Crippen LogP contribution >= 0.6 is 0 Å².